The van der Waals surface area contributed by atoms with E-state index in [0.29, 0.717) is 18.3 Å². The number of hydrogen-bond donors (Lipinski definition) is 1. The Hall–Kier alpha value is -0.700. The summed E-state index contributed by atoms with van der Waals surface area (Å²) in [7, 11) is 0. The van der Waals surface area contributed by atoms with Gasteiger partial charge in [-0.3, -0.25) is 0 Å². The second kappa shape index (κ2) is 3.95. The van der Waals surface area contributed by atoms with Gasteiger partial charge in [-0.05, 0) is 30.9 Å². The molecular formula is C12H18ClNO2. The SMILES string of the molecule is Cl.O=C(O)[C@@]12CC=CN1C[C@H]1CCCC[C@H]12. The first-order chi connectivity index (χ1) is 7.25. The number of carboxylic acids is 1. The van der Waals surface area contributed by atoms with Crippen molar-refractivity contribution in [2.75, 3.05) is 6.54 Å². The molecule has 2 fully saturated rings. The maximum atomic E-state index is 11.6. The molecule has 0 radical (unpaired) electrons. The van der Waals surface area contributed by atoms with Crippen molar-refractivity contribution in [2.45, 2.75) is 37.6 Å². The minimum Gasteiger partial charge on any atom is -0.479 e. The number of nitrogens with zero attached hydrogens (tertiary/aromatic N) is 1. The standard InChI is InChI=1S/C12H17NO2.ClH/c14-11(15)12-6-3-7-13(12)8-9-4-1-2-5-10(9)12;/h3,7,9-10H,1-2,4-6,8H2,(H,14,15);1H/t9-,10-,12+;/m1./s1. The van der Waals surface area contributed by atoms with Gasteiger partial charge >= 0.3 is 5.97 Å². The predicted octanol–water partition coefficient (Wildman–Crippen LogP) is 2.27. The molecule has 2 heterocycles. The third-order valence-electron chi connectivity index (χ3n) is 4.55. The molecule has 3 nitrogen and oxygen atoms in total. The fraction of sp³-hybridized carbons (Fsp3) is 0.750. The van der Waals surface area contributed by atoms with Crippen molar-refractivity contribution < 1.29 is 9.90 Å². The van der Waals surface area contributed by atoms with E-state index in [1.165, 1.54) is 19.3 Å². The number of rotatable bonds is 1. The molecule has 1 aliphatic carbocycles. The van der Waals surface area contributed by atoms with Crippen LogP contribution >= 0.6 is 12.4 Å². The summed E-state index contributed by atoms with van der Waals surface area (Å²) in [5, 5.41) is 9.53. The van der Waals surface area contributed by atoms with E-state index in [9.17, 15) is 9.90 Å². The summed E-state index contributed by atoms with van der Waals surface area (Å²) in [5.41, 5.74) is -0.564. The average Bonchev–Trinajstić information content (AvgIpc) is 2.73. The molecule has 1 N–H and O–H groups in total. The molecule has 1 saturated carbocycles. The van der Waals surface area contributed by atoms with Crippen molar-refractivity contribution >= 4 is 18.4 Å². The van der Waals surface area contributed by atoms with Crippen LogP contribution in [0.2, 0.25) is 0 Å². The molecule has 2 aliphatic heterocycles. The molecule has 0 spiro atoms. The Morgan fingerprint density at radius 1 is 1.38 bits per heavy atom. The lowest BCUT2D eigenvalue weighted by Crippen LogP contribution is -2.50. The van der Waals surface area contributed by atoms with E-state index < -0.39 is 11.5 Å². The monoisotopic (exact) mass is 243 g/mol. The summed E-state index contributed by atoms with van der Waals surface area (Å²) >= 11 is 0. The summed E-state index contributed by atoms with van der Waals surface area (Å²) in [6.07, 6.45) is 9.58. The molecule has 0 aromatic rings. The van der Waals surface area contributed by atoms with Crippen LogP contribution in [0, 0.1) is 11.8 Å². The van der Waals surface area contributed by atoms with Gasteiger partial charge in [0.2, 0.25) is 0 Å². The van der Waals surface area contributed by atoms with Gasteiger partial charge in [0.15, 0.2) is 0 Å². The molecule has 0 unspecified atom stereocenters. The minimum atomic E-state index is -0.609. The average molecular weight is 244 g/mol. The van der Waals surface area contributed by atoms with Crippen LogP contribution in [0.4, 0.5) is 0 Å². The number of hydrogen-bond acceptors (Lipinski definition) is 2. The number of halogens is 1. The predicted molar refractivity (Wildman–Crippen MR) is 63.5 cm³/mol. The van der Waals surface area contributed by atoms with Gasteiger partial charge in [-0.15, -0.1) is 12.4 Å². The van der Waals surface area contributed by atoms with Gasteiger partial charge in [-0.2, -0.15) is 0 Å². The van der Waals surface area contributed by atoms with E-state index in [4.69, 9.17) is 0 Å². The lowest BCUT2D eigenvalue weighted by molar-refractivity contribution is -0.150. The van der Waals surface area contributed by atoms with Crippen LogP contribution in [-0.2, 0) is 4.79 Å². The quantitative estimate of drug-likeness (QED) is 0.768. The second-order valence-corrected chi connectivity index (χ2v) is 5.12. The number of fused-ring (bicyclic) bond motifs is 3. The molecular weight excluding hydrogens is 226 g/mol. The van der Waals surface area contributed by atoms with E-state index in [0.717, 1.165) is 13.0 Å². The van der Waals surface area contributed by atoms with E-state index >= 15 is 0 Å². The Labute approximate surface area is 102 Å². The van der Waals surface area contributed by atoms with E-state index in [2.05, 4.69) is 4.90 Å². The fourth-order valence-electron chi connectivity index (χ4n) is 3.87. The summed E-state index contributed by atoms with van der Waals surface area (Å²) in [6.45, 7) is 0.966. The zero-order chi connectivity index (χ0) is 10.5. The molecule has 0 aromatic carbocycles. The van der Waals surface area contributed by atoms with Gasteiger partial charge < -0.3 is 10.0 Å². The summed E-state index contributed by atoms with van der Waals surface area (Å²) < 4.78 is 0. The van der Waals surface area contributed by atoms with Gasteiger partial charge in [0.25, 0.3) is 0 Å². The van der Waals surface area contributed by atoms with Crippen molar-refractivity contribution in [3.05, 3.63) is 12.3 Å². The summed E-state index contributed by atoms with van der Waals surface area (Å²) in [6, 6.07) is 0. The first-order valence-electron chi connectivity index (χ1n) is 5.92. The van der Waals surface area contributed by atoms with Gasteiger partial charge in [-0.25, -0.2) is 4.79 Å². The molecule has 16 heavy (non-hydrogen) atoms. The third kappa shape index (κ3) is 1.30. The highest BCUT2D eigenvalue weighted by Crippen LogP contribution is 2.50. The summed E-state index contributed by atoms with van der Waals surface area (Å²) in [5.74, 6) is 0.403. The van der Waals surface area contributed by atoms with Crippen LogP contribution < -0.4 is 0 Å². The summed E-state index contributed by atoms with van der Waals surface area (Å²) in [4.78, 5) is 13.7. The highest BCUT2D eigenvalue weighted by molar-refractivity contribution is 5.85. The van der Waals surface area contributed by atoms with E-state index in [1.54, 1.807) is 0 Å². The number of aliphatic carboxylic acids is 1. The third-order valence-corrected chi connectivity index (χ3v) is 4.55. The van der Waals surface area contributed by atoms with E-state index in [1.807, 2.05) is 12.3 Å². The van der Waals surface area contributed by atoms with Crippen LogP contribution in [-0.4, -0.2) is 28.1 Å². The molecule has 0 aromatic heterocycles. The number of carboxylic acid groups (broad SMARTS) is 1. The Bertz CT molecular complexity index is 331. The lowest BCUT2D eigenvalue weighted by Gasteiger charge is -2.36. The highest BCUT2D eigenvalue weighted by atomic mass is 35.5. The van der Waals surface area contributed by atoms with Crippen molar-refractivity contribution in [3.63, 3.8) is 0 Å². The first-order valence-corrected chi connectivity index (χ1v) is 5.92. The van der Waals surface area contributed by atoms with Crippen LogP contribution in [0.25, 0.3) is 0 Å². The largest absolute Gasteiger partial charge is 0.479 e. The normalized spacial score (nSPS) is 40.1. The number of carbonyl (C=O) groups is 1. The molecule has 0 amide bonds. The maximum absolute atomic E-state index is 11.6. The van der Waals surface area contributed by atoms with Crippen molar-refractivity contribution in [3.8, 4) is 0 Å². The maximum Gasteiger partial charge on any atom is 0.330 e. The van der Waals surface area contributed by atoms with Gasteiger partial charge in [0, 0.05) is 13.0 Å². The van der Waals surface area contributed by atoms with Crippen LogP contribution in [0.3, 0.4) is 0 Å². The van der Waals surface area contributed by atoms with Crippen LogP contribution in [0.5, 0.6) is 0 Å². The second-order valence-electron chi connectivity index (χ2n) is 5.12. The Morgan fingerprint density at radius 2 is 2.12 bits per heavy atom. The van der Waals surface area contributed by atoms with Crippen molar-refractivity contribution in [2.24, 2.45) is 11.8 Å². The molecule has 3 rings (SSSR count). The molecule has 3 atom stereocenters. The van der Waals surface area contributed by atoms with E-state index in [-0.39, 0.29) is 12.4 Å². The van der Waals surface area contributed by atoms with Gasteiger partial charge in [0.05, 0.1) is 0 Å². The highest BCUT2D eigenvalue weighted by Gasteiger charge is 2.58. The topological polar surface area (TPSA) is 40.5 Å². The molecule has 0 bridgehead atoms. The Kier molecular flexibility index (Phi) is 2.91. The van der Waals surface area contributed by atoms with Crippen LogP contribution in [0.15, 0.2) is 12.3 Å². The van der Waals surface area contributed by atoms with Crippen molar-refractivity contribution in [1.82, 2.24) is 4.90 Å². The molecule has 90 valence electrons. The smallest absolute Gasteiger partial charge is 0.330 e. The zero-order valence-electron chi connectivity index (χ0n) is 9.26. The zero-order valence-corrected chi connectivity index (χ0v) is 10.1. The van der Waals surface area contributed by atoms with Gasteiger partial charge in [0.1, 0.15) is 5.54 Å². The molecule has 1 saturated heterocycles. The minimum absolute atomic E-state index is 0. The molecule has 3 aliphatic rings. The first kappa shape index (κ1) is 11.8. The Balaban J connectivity index is 0.000000963. The Morgan fingerprint density at radius 3 is 2.88 bits per heavy atom. The lowest BCUT2D eigenvalue weighted by atomic mass is 9.71. The van der Waals surface area contributed by atoms with Gasteiger partial charge in [-0.1, -0.05) is 18.9 Å². The van der Waals surface area contributed by atoms with Crippen LogP contribution in [0.1, 0.15) is 32.1 Å². The molecule has 4 heteroatoms. The fourth-order valence-corrected chi connectivity index (χ4v) is 3.87. The van der Waals surface area contributed by atoms with Crippen molar-refractivity contribution in [1.29, 1.82) is 0 Å².